The molecular weight excluding hydrogens is 567 g/mol. The lowest BCUT2D eigenvalue weighted by Crippen LogP contribution is -2.56. The highest BCUT2D eigenvalue weighted by Gasteiger charge is 2.36. The van der Waals surface area contributed by atoms with Crippen LogP contribution in [-0.2, 0) is 6.42 Å². The van der Waals surface area contributed by atoms with Crippen LogP contribution in [0.2, 0.25) is 0 Å². The molecule has 0 bridgehead atoms. The summed E-state index contributed by atoms with van der Waals surface area (Å²) in [5.74, 6) is -3.90. The molecule has 1 aliphatic heterocycles. The number of amides is 1. The van der Waals surface area contributed by atoms with Crippen LogP contribution in [0.15, 0.2) is 36.5 Å². The topological polar surface area (TPSA) is 125 Å². The highest BCUT2D eigenvalue weighted by molar-refractivity contribution is 8.93. The largest absolute Gasteiger partial charge is 0.391 e. The summed E-state index contributed by atoms with van der Waals surface area (Å²) in [6.07, 6.45) is 0.994. The van der Waals surface area contributed by atoms with Crippen LogP contribution in [0.4, 0.5) is 24.5 Å². The van der Waals surface area contributed by atoms with Crippen LogP contribution in [0.25, 0.3) is 11.3 Å². The SMILES string of the molecule is Br.C[C@H]1CN(c2c(NC(=O)c3ccc(F)c(-c4c(F)cccc4F)n3)cnc3c2CCC3O)C[C@@H](N)[C@@H]1O. The fourth-order valence-electron chi connectivity index (χ4n) is 5.11. The van der Waals surface area contributed by atoms with Crippen molar-refractivity contribution in [3.8, 4) is 11.3 Å². The Balaban J connectivity index is 0.00000336. The van der Waals surface area contributed by atoms with Crippen molar-refractivity contribution in [3.05, 3.63) is 70.9 Å². The molecule has 1 aromatic carbocycles. The zero-order valence-electron chi connectivity index (χ0n) is 20.4. The molecule has 4 atom stereocenters. The summed E-state index contributed by atoms with van der Waals surface area (Å²) in [7, 11) is 0. The minimum absolute atomic E-state index is 0. The number of rotatable bonds is 4. The second-order valence-electron chi connectivity index (χ2n) is 9.55. The van der Waals surface area contributed by atoms with Crippen molar-refractivity contribution in [2.75, 3.05) is 23.3 Å². The van der Waals surface area contributed by atoms with E-state index < -0.39 is 52.9 Å². The number of carbonyl (C=O) groups is 1. The molecule has 1 saturated heterocycles. The number of nitrogens with zero attached hydrogens (tertiary/aromatic N) is 3. The second-order valence-corrected chi connectivity index (χ2v) is 9.55. The second kappa shape index (κ2) is 11.0. The summed E-state index contributed by atoms with van der Waals surface area (Å²) < 4.78 is 43.1. The lowest BCUT2D eigenvalue weighted by Gasteiger charge is -2.41. The number of nitrogens with one attached hydrogen (secondary N) is 1. The number of carbonyl (C=O) groups excluding carboxylic acids is 1. The first-order valence-corrected chi connectivity index (χ1v) is 12.0. The minimum Gasteiger partial charge on any atom is -0.391 e. The third-order valence-corrected chi connectivity index (χ3v) is 6.97. The molecule has 8 nitrogen and oxygen atoms in total. The van der Waals surface area contributed by atoms with E-state index in [9.17, 15) is 28.2 Å². The number of piperidine rings is 1. The van der Waals surface area contributed by atoms with Crippen LogP contribution < -0.4 is 16.0 Å². The zero-order chi connectivity index (χ0) is 26.4. The number of aromatic nitrogens is 2. The van der Waals surface area contributed by atoms with E-state index in [1.165, 1.54) is 6.20 Å². The third kappa shape index (κ3) is 5.00. The van der Waals surface area contributed by atoms with Gasteiger partial charge in [-0.3, -0.25) is 9.78 Å². The summed E-state index contributed by atoms with van der Waals surface area (Å²) in [5, 5.41) is 23.4. The molecule has 1 aliphatic carbocycles. The number of pyridine rings is 2. The number of aliphatic hydroxyl groups is 2. The Morgan fingerprint density at radius 1 is 1.11 bits per heavy atom. The highest BCUT2D eigenvalue weighted by atomic mass is 79.9. The molecule has 0 spiro atoms. The molecule has 5 N–H and O–H groups in total. The quantitative estimate of drug-likeness (QED) is 0.365. The lowest BCUT2D eigenvalue weighted by molar-refractivity contribution is 0.0784. The van der Waals surface area contributed by atoms with Gasteiger partial charge in [0, 0.05) is 30.6 Å². The maximum absolute atomic E-state index is 14.5. The van der Waals surface area contributed by atoms with Crippen LogP contribution in [0.1, 0.15) is 41.2 Å². The van der Waals surface area contributed by atoms with Gasteiger partial charge in [-0.1, -0.05) is 13.0 Å². The predicted octanol–water partition coefficient (Wildman–Crippen LogP) is 3.52. The average molecular weight is 594 g/mol. The smallest absolute Gasteiger partial charge is 0.274 e. The molecule has 3 heterocycles. The molecule has 0 radical (unpaired) electrons. The van der Waals surface area contributed by atoms with Crippen molar-refractivity contribution >= 4 is 34.3 Å². The molecule has 0 saturated carbocycles. The van der Waals surface area contributed by atoms with Gasteiger partial charge in [-0.25, -0.2) is 18.2 Å². The Morgan fingerprint density at radius 2 is 1.82 bits per heavy atom. The van der Waals surface area contributed by atoms with E-state index >= 15 is 0 Å². The molecular formula is C26H27BrF3N5O3. The number of anilines is 2. The summed E-state index contributed by atoms with van der Waals surface area (Å²) in [6.45, 7) is 2.64. The standard InChI is InChI=1S/C26H26F3N5O3.BrH/c1-12-10-34(11-17(30)25(12)36)24-13-5-8-20(35)22(13)31-9-19(24)33-26(37)18-7-6-16(29)23(32-18)21-14(27)3-2-4-15(21)28;/h2-4,6-7,9,12,17,20,25,35-36H,5,8,10-11,30H2,1H3,(H,33,37);1H/t12-,17+,20?,25+;/m0./s1. The Morgan fingerprint density at radius 3 is 2.50 bits per heavy atom. The van der Waals surface area contributed by atoms with Gasteiger partial charge in [0.15, 0.2) is 0 Å². The van der Waals surface area contributed by atoms with E-state index in [0.717, 1.165) is 35.9 Å². The number of fused-ring (bicyclic) bond motifs is 1. The number of nitrogens with two attached hydrogens (primary N) is 1. The van der Waals surface area contributed by atoms with Crippen LogP contribution in [0.3, 0.4) is 0 Å². The minimum atomic E-state index is -1.01. The maximum Gasteiger partial charge on any atom is 0.274 e. The van der Waals surface area contributed by atoms with E-state index in [2.05, 4.69) is 15.3 Å². The Bertz CT molecular complexity index is 1350. The van der Waals surface area contributed by atoms with E-state index in [1.807, 2.05) is 11.8 Å². The van der Waals surface area contributed by atoms with Crippen LogP contribution in [-0.4, -0.2) is 51.3 Å². The maximum atomic E-state index is 14.5. The first-order valence-electron chi connectivity index (χ1n) is 12.0. The van der Waals surface area contributed by atoms with Gasteiger partial charge in [0.1, 0.15) is 28.8 Å². The molecule has 12 heteroatoms. The summed E-state index contributed by atoms with van der Waals surface area (Å²) in [6, 6.07) is 4.61. The van der Waals surface area contributed by atoms with Crippen LogP contribution in [0.5, 0.6) is 0 Å². The van der Waals surface area contributed by atoms with E-state index in [-0.39, 0.29) is 28.6 Å². The number of hydrogen-bond acceptors (Lipinski definition) is 7. The van der Waals surface area contributed by atoms with Gasteiger partial charge in [0.25, 0.3) is 5.91 Å². The van der Waals surface area contributed by atoms with Crippen LogP contribution >= 0.6 is 17.0 Å². The number of hydrogen-bond donors (Lipinski definition) is 4. The van der Waals surface area contributed by atoms with Crippen molar-refractivity contribution in [2.24, 2.45) is 11.7 Å². The van der Waals surface area contributed by atoms with Crippen molar-refractivity contribution in [2.45, 2.75) is 38.0 Å². The van der Waals surface area contributed by atoms with E-state index in [1.54, 1.807) is 0 Å². The van der Waals surface area contributed by atoms with Gasteiger partial charge in [-0.15, -0.1) is 17.0 Å². The van der Waals surface area contributed by atoms with Crippen molar-refractivity contribution in [1.29, 1.82) is 0 Å². The number of aliphatic hydroxyl groups excluding tert-OH is 2. The van der Waals surface area contributed by atoms with Crippen molar-refractivity contribution in [3.63, 3.8) is 0 Å². The summed E-state index contributed by atoms with van der Waals surface area (Å²) in [5.41, 5.74) is 6.85. The summed E-state index contributed by atoms with van der Waals surface area (Å²) in [4.78, 5) is 23.4. The van der Waals surface area contributed by atoms with E-state index in [4.69, 9.17) is 5.73 Å². The monoisotopic (exact) mass is 593 g/mol. The normalized spacial score (nSPS) is 22.6. The summed E-state index contributed by atoms with van der Waals surface area (Å²) >= 11 is 0. The zero-order valence-corrected chi connectivity index (χ0v) is 22.1. The molecule has 2 aromatic heterocycles. The first-order chi connectivity index (χ1) is 17.7. The molecule has 38 heavy (non-hydrogen) atoms. The van der Waals surface area contributed by atoms with Gasteiger partial charge in [0.05, 0.1) is 41.0 Å². The van der Waals surface area contributed by atoms with Gasteiger partial charge in [0.2, 0.25) is 0 Å². The first kappa shape index (κ1) is 28.0. The fraction of sp³-hybridized carbons (Fsp3) is 0.346. The Hall–Kier alpha value is -3.06. The molecule has 202 valence electrons. The van der Waals surface area contributed by atoms with Gasteiger partial charge >= 0.3 is 0 Å². The molecule has 1 amide bonds. The van der Waals surface area contributed by atoms with E-state index in [0.29, 0.717) is 43.0 Å². The van der Waals surface area contributed by atoms with Crippen molar-refractivity contribution < 1.29 is 28.2 Å². The Labute approximate surface area is 227 Å². The Kier molecular flexibility index (Phi) is 8.07. The van der Waals surface area contributed by atoms with Crippen LogP contribution in [0, 0.1) is 23.4 Å². The number of halogens is 4. The molecule has 2 aliphatic rings. The highest BCUT2D eigenvalue weighted by Crippen LogP contribution is 2.41. The fourth-order valence-corrected chi connectivity index (χ4v) is 5.11. The molecule has 3 aromatic rings. The van der Waals surface area contributed by atoms with Gasteiger partial charge < -0.3 is 26.2 Å². The van der Waals surface area contributed by atoms with Crippen molar-refractivity contribution in [1.82, 2.24) is 9.97 Å². The third-order valence-electron chi connectivity index (χ3n) is 6.97. The molecule has 5 rings (SSSR count). The van der Waals surface area contributed by atoms with Gasteiger partial charge in [-0.2, -0.15) is 0 Å². The molecule has 1 fully saturated rings. The molecule has 1 unspecified atom stereocenters. The van der Waals surface area contributed by atoms with Gasteiger partial charge in [-0.05, 0) is 37.1 Å². The lowest BCUT2D eigenvalue weighted by atomic mass is 9.92. The average Bonchev–Trinajstić information content (AvgIpc) is 3.23. The number of benzene rings is 1. The predicted molar refractivity (Wildman–Crippen MR) is 141 cm³/mol.